The van der Waals surface area contributed by atoms with Crippen LogP contribution in [0.5, 0.6) is 0 Å². The lowest BCUT2D eigenvalue weighted by Crippen LogP contribution is -2.42. The molecule has 26 heavy (non-hydrogen) atoms. The number of aliphatic carboxylic acids is 1. The van der Waals surface area contributed by atoms with Gasteiger partial charge in [0.05, 0.1) is 5.92 Å². The standard InChI is InChI=1S/C20H23N3O3/c1-14-9-16(20(25)26)13-23(12-14)17-7-8-21-18(10-17)19(24)22-11-15-5-3-2-4-6-15/h2-8,10,14,16H,9,11-13H2,1H3,(H,22,24)(H,25,26). The maximum atomic E-state index is 12.4. The summed E-state index contributed by atoms with van der Waals surface area (Å²) in [6, 6.07) is 13.2. The number of anilines is 1. The molecule has 1 aromatic heterocycles. The Kier molecular flexibility index (Phi) is 5.51. The summed E-state index contributed by atoms with van der Waals surface area (Å²) < 4.78 is 0. The van der Waals surface area contributed by atoms with E-state index < -0.39 is 5.97 Å². The van der Waals surface area contributed by atoms with Crippen LogP contribution in [0.25, 0.3) is 0 Å². The van der Waals surface area contributed by atoms with Crippen LogP contribution in [0.2, 0.25) is 0 Å². The van der Waals surface area contributed by atoms with E-state index >= 15 is 0 Å². The molecule has 0 radical (unpaired) electrons. The molecule has 136 valence electrons. The highest BCUT2D eigenvalue weighted by Crippen LogP contribution is 2.26. The number of rotatable bonds is 5. The highest BCUT2D eigenvalue weighted by molar-refractivity contribution is 5.93. The highest BCUT2D eigenvalue weighted by atomic mass is 16.4. The van der Waals surface area contributed by atoms with Gasteiger partial charge in [-0.1, -0.05) is 37.3 Å². The van der Waals surface area contributed by atoms with E-state index in [1.165, 1.54) is 0 Å². The van der Waals surface area contributed by atoms with Crippen LogP contribution in [0.4, 0.5) is 5.69 Å². The first-order valence-corrected chi connectivity index (χ1v) is 8.79. The molecule has 1 aliphatic rings. The zero-order valence-electron chi connectivity index (χ0n) is 14.8. The van der Waals surface area contributed by atoms with E-state index in [-0.39, 0.29) is 17.7 Å². The van der Waals surface area contributed by atoms with Crippen molar-refractivity contribution >= 4 is 17.6 Å². The Morgan fingerprint density at radius 2 is 2.00 bits per heavy atom. The summed E-state index contributed by atoms with van der Waals surface area (Å²) in [6.45, 7) is 3.72. The molecule has 2 unspecified atom stereocenters. The number of carboxylic acid groups (broad SMARTS) is 1. The summed E-state index contributed by atoms with van der Waals surface area (Å²) in [5.41, 5.74) is 2.19. The summed E-state index contributed by atoms with van der Waals surface area (Å²) in [6.07, 6.45) is 2.28. The molecular formula is C20H23N3O3. The Bertz CT molecular complexity index is 779. The van der Waals surface area contributed by atoms with Crippen LogP contribution in [-0.4, -0.2) is 35.1 Å². The van der Waals surface area contributed by atoms with Gasteiger partial charge in [0, 0.05) is 31.5 Å². The molecular weight excluding hydrogens is 330 g/mol. The van der Waals surface area contributed by atoms with Gasteiger partial charge < -0.3 is 15.3 Å². The molecule has 2 N–H and O–H groups in total. The maximum Gasteiger partial charge on any atom is 0.308 e. The van der Waals surface area contributed by atoms with Crippen molar-refractivity contribution in [2.24, 2.45) is 11.8 Å². The number of hydrogen-bond acceptors (Lipinski definition) is 4. The van der Waals surface area contributed by atoms with E-state index in [4.69, 9.17) is 0 Å². The Morgan fingerprint density at radius 1 is 1.23 bits per heavy atom. The second kappa shape index (κ2) is 7.99. The minimum atomic E-state index is -0.767. The van der Waals surface area contributed by atoms with E-state index in [1.807, 2.05) is 41.3 Å². The number of nitrogens with zero attached hydrogens (tertiary/aromatic N) is 2. The van der Waals surface area contributed by atoms with Crippen LogP contribution in [0.1, 0.15) is 29.4 Å². The fourth-order valence-corrected chi connectivity index (χ4v) is 3.35. The third-order valence-corrected chi connectivity index (χ3v) is 4.65. The number of nitrogens with one attached hydrogen (secondary N) is 1. The monoisotopic (exact) mass is 353 g/mol. The van der Waals surface area contributed by atoms with Gasteiger partial charge in [-0.05, 0) is 30.0 Å². The van der Waals surface area contributed by atoms with Gasteiger partial charge in [0.25, 0.3) is 5.91 Å². The molecule has 2 aromatic rings. The normalized spacial score (nSPS) is 19.8. The van der Waals surface area contributed by atoms with E-state index in [2.05, 4.69) is 17.2 Å². The molecule has 6 nitrogen and oxygen atoms in total. The Balaban J connectivity index is 1.69. The van der Waals surface area contributed by atoms with Crippen LogP contribution >= 0.6 is 0 Å². The Morgan fingerprint density at radius 3 is 2.73 bits per heavy atom. The molecule has 2 heterocycles. The molecule has 0 spiro atoms. The van der Waals surface area contributed by atoms with Crippen molar-refractivity contribution in [1.29, 1.82) is 0 Å². The quantitative estimate of drug-likeness (QED) is 0.863. The van der Waals surface area contributed by atoms with Gasteiger partial charge >= 0.3 is 5.97 Å². The molecule has 6 heteroatoms. The molecule has 1 aliphatic heterocycles. The van der Waals surface area contributed by atoms with Crippen molar-refractivity contribution < 1.29 is 14.7 Å². The zero-order valence-corrected chi connectivity index (χ0v) is 14.8. The van der Waals surface area contributed by atoms with Gasteiger partial charge in [-0.15, -0.1) is 0 Å². The minimum Gasteiger partial charge on any atom is -0.481 e. The molecule has 1 amide bonds. The van der Waals surface area contributed by atoms with Crippen LogP contribution in [0.15, 0.2) is 48.7 Å². The lowest BCUT2D eigenvalue weighted by atomic mass is 9.90. The van der Waals surface area contributed by atoms with Crippen molar-refractivity contribution in [2.75, 3.05) is 18.0 Å². The van der Waals surface area contributed by atoms with Gasteiger partial charge in [0.2, 0.25) is 0 Å². The van der Waals surface area contributed by atoms with Crippen LogP contribution < -0.4 is 10.2 Å². The predicted octanol–water partition coefficient (Wildman–Crippen LogP) is 2.56. The molecule has 0 bridgehead atoms. The number of carboxylic acids is 1. The van der Waals surface area contributed by atoms with E-state index in [0.29, 0.717) is 25.2 Å². The molecule has 3 rings (SSSR count). The van der Waals surface area contributed by atoms with E-state index in [0.717, 1.165) is 17.8 Å². The number of carbonyl (C=O) groups is 2. The van der Waals surface area contributed by atoms with E-state index in [9.17, 15) is 14.7 Å². The summed E-state index contributed by atoms with van der Waals surface area (Å²) in [7, 11) is 0. The van der Waals surface area contributed by atoms with Crippen molar-refractivity contribution in [2.45, 2.75) is 19.9 Å². The van der Waals surface area contributed by atoms with Crippen LogP contribution in [0.3, 0.4) is 0 Å². The summed E-state index contributed by atoms with van der Waals surface area (Å²) >= 11 is 0. The number of amides is 1. The third kappa shape index (κ3) is 4.39. The SMILES string of the molecule is CC1CC(C(=O)O)CN(c2ccnc(C(=O)NCc3ccccc3)c2)C1. The number of carbonyl (C=O) groups excluding carboxylic acids is 1. The fourth-order valence-electron chi connectivity index (χ4n) is 3.35. The van der Waals surface area contributed by atoms with Gasteiger partial charge in [-0.2, -0.15) is 0 Å². The minimum absolute atomic E-state index is 0.240. The van der Waals surface area contributed by atoms with Gasteiger partial charge in [-0.25, -0.2) is 0 Å². The second-order valence-corrected chi connectivity index (χ2v) is 6.85. The average Bonchev–Trinajstić information content (AvgIpc) is 2.66. The first kappa shape index (κ1) is 17.9. The molecule has 2 atom stereocenters. The number of hydrogen-bond donors (Lipinski definition) is 2. The van der Waals surface area contributed by atoms with Crippen molar-refractivity contribution in [1.82, 2.24) is 10.3 Å². The van der Waals surface area contributed by atoms with Crippen LogP contribution in [0, 0.1) is 11.8 Å². The number of piperidine rings is 1. The summed E-state index contributed by atoms with van der Waals surface area (Å²) in [5, 5.41) is 12.2. The molecule has 0 aliphatic carbocycles. The maximum absolute atomic E-state index is 12.4. The number of benzene rings is 1. The van der Waals surface area contributed by atoms with E-state index in [1.54, 1.807) is 12.3 Å². The Hall–Kier alpha value is -2.89. The second-order valence-electron chi connectivity index (χ2n) is 6.85. The van der Waals surface area contributed by atoms with Crippen molar-refractivity contribution in [3.8, 4) is 0 Å². The largest absolute Gasteiger partial charge is 0.481 e. The average molecular weight is 353 g/mol. The van der Waals surface area contributed by atoms with Crippen molar-refractivity contribution in [3.63, 3.8) is 0 Å². The lowest BCUT2D eigenvalue weighted by molar-refractivity contribution is -0.142. The smallest absolute Gasteiger partial charge is 0.308 e. The summed E-state index contributed by atoms with van der Waals surface area (Å²) in [5.74, 6) is -1.11. The van der Waals surface area contributed by atoms with Crippen LogP contribution in [-0.2, 0) is 11.3 Å². The number of pyridine rings is 1. The highest BCUT2D eigenvalue weighted by Gasteiger charge is 2.29. The zero-order chi connectivity index (χ0) is 18.5. The lowest BCUT2D eigenvalue weighted by Gasteiger charge is -2.36. The van der Waals surface area contributed by atoms with Crippen molar-refractivity contribution in [3.05, 3.63) is 59.9 Å². The molecule has 1 aromatic carbocycles. The van der Waals surface area contributed by atoms with Gasteiger partial charge in [0.1, 0.15) is 5.69 Å². The molecule has 0 saturated carbocycles. The van der Waals surface area contributed by atoms with Gasteiger partial charge in [-0.3, -0.25) is 14.6 Å². The molecule has 1 fully saturated rings. The Labute approximate surface area is 152 Å². The first-order chi connectivity index (χ1) is 12.5. The number of aromatic nitrogens is 1. The fraction of sp³-hybridized carbons (Fsp3) is 0.350. The first-order valence-electron chi connectivity index (χ1n) is 8.79. The predicted molar refractivity (Wildman–Crippen MR) is 99.0 cm³/mol. The third-order valence-electron chi connectivity index (χ3n) is 4.65. The molecule has 1 saturated heterocycles. The summed E-state index contributed by atoms with van der Waals surface area (Å²) in [4.78, 5) is 30.0. The van der Waals surface area contributed by atoms with Gasteiger partial charge in [0.15, 0.2) is 0 Å². The topological polar surface area (TPSA) is 82.5 Å².